The number of aliphatic hydroxyl groups excluding tert-OH is 1. The predicted molar refractivity (Wildman–Crippen MR) is 60.0 cm³/mol. The number of alkyl halides is 3. The van der Waals surface area contributed by atoms with Crippen LogP contribution in [0.4, 0.5) is 13.2 Å². The first-order valence-corrected chi connectivity index (χ1v) is 5.41. The number of halogens is 3. The van der Waals surface area contributed by atoms with Gasteiger partial charge in [0.2, 0.25) is 0 Å². The molecule has 1 rings (SSSR count). The standard InChI is InChI=1S/C12H13F3O4/c1-3-19-9-6-7(11(17)18-2)4-5-8(9)10(16)12(13,14)15/h4-6,10,16H,3H2,1-2H3. The molecule has 4 nitrogen and oxygen atoms in total. The number of carbonyl (C=O) groups is 1. The van der Waals surface area contributed by atoms with E-state index in [9.17, 15) is 23.1 Å². The maximum Gasteiger partial charge on any atom is 0.418 e. The maximum absolute atomic E-state index is 12.5. The van der Waals surface area contributed by atoms with Crippen molar-refractivity contribution in [1.29, 1.82) is 0 Å². The average molecular weight is 278 g/mol. The van der Waals surface area contributed by atoms with Crippen molar-refractivity contribution in [3.05, 3.63) is 29.3 Å². The van der Waals surface area contributed by atoms with Crippen molar-refractivity contribution in [3.8, 4) is 5.75 Å². The zero-order valence-corrected chi connectivity index (χ0v) is 10.3. The molecule has 7 heteroatoms. The molecule has 19 heavy (non-hydrogen) atoms. The van der Waals surface area contributed by atoms with E-state index in [4.69, 9.17) is 4.74 Å². The highest BCUT2D eigenvalue weighted by molar-refractivity contribution is 5.89. The van der Waals surface area contributed by atoms with Crippen molar-refractivity contribution >= 4 is 5.97 Å². The first-order valence-electron chi connectivity index (χ1n) is 5.41. The summed E-state index contributed by atoms with van der Waals surface area (Å²) in [5.74, 6) is -0.899. The lowest BCUT2D eigenvalue weighted by molar-refractivity contribution is -0.207. The average Bonchev–Trinajstić information content (AvgIpc) is 2.36. The van der Waals surface area contributed by atoms with Gasteiger partial charge in [-0.05, 0) is 19.1 Å². The van der Waals surface area contributed by atoms with Crippen molar-refractivity contribution in [2.45, 2.75) is 19.2 Å². The molecule has 0 radical (unpaired) electrons. The summed E-state index contributed by atoms with van der Waals surface area (Å²) in [6, 6.07) is 3.24. The molecule has 1 unspecified atom stereocenters. The molecule has 1 N–H and O–H groups in total. The zero-order chi connectivity index (χ0) is 14.6. The fourth-order valence-electron chi connectivity index (χ4n) is 1.46. The van der Waals surface area contributed by atoms with Crippen LogP contribution in [0.3, 0.4) is 0 Å². The molecule has 1 aromatic rings. The summed E-state index contributed by atoms with van der Waals surface area (Å²) in [5.41, 5.74) is -0.397. The van der Waals surface area contributed by atoms with Crippen molar-refractivity contribution in [1.82, 2.24) is 0 Å². The Hall–Kier alpha value is -1.76. The lowest BCUT2D eigenvalue weighted by atomic mass is 10.0. The Balaban J connectivity index is 3.22. The van der Waals surface area contributed by atoms with Crippen molar-refractivity contribution in [2.75, 3.05) is 13.7 Å². The van der Waals surface area contributed by atoms with E-state index in [1.54, 1.807) is 6.92 Å². The summed E-state index contributed by atoms with van der Waals surface area (Å²) in [7, 11) is 1.15. The molecule has 1 aromatic carbocycles. The molecular weight excluding hydrogens is 265 g/mol. The van der Waals surface area contributed by atoms with E-state index in [-0.39, 0.29) is 17.9 Å². The summed E-state index contributed by atoms with van der Waals surface area (Å²) in [6.45, 7) is 1.68. The largest absolute Gasteiger partial charge is 0.493 e. The number of carbonyl (C=O) groups excluding carboxylic acids is 1. The van der Waals surface area contributed by atoms with E-state index in [0.29, 0.717) is 0 Å². The molecule has 0 aliphatic heterocycles. The van der Waals surface area contributed by atoms with Crippen molar-refractivity contribution in [2.24, 2.45) is 0 Å². The molecule has 0 aliphatic carbocycles. The molecule has 1 atom stereocenters. The van der Waals surface area contributed by atoms with Crippen LogP contribution in [-0.2, 0) is 4.74 Å². The molecule has 0 saturated carbocycles. The van der Waals surface area contributed by atoms with Gasteiger partial charge in [0, 0.05) is 5.56 Å². The van der Waals surface area contributed by atoms with Crippen LogP contribution in [0, 0.1) is 0 Å². The number of aliphatic hydroxyl groups is 1. The number of esters is 1. The summed E-state index contributed by atoms with van der Waals surface area (Å²) < 4.78 is 46.9. The minimum atomic E-state index is -4.81. The van der Waals surface area contributed by atoms with Gasteiger partial charge in [-0.1, -0.05) is 6.07 Å². The molecule has 106 valence electrons. The Kier molecular flexibility index (Phi) is 4.77. The Labute approximate surface area is 107 Å². The monoisotopic (exact) mass is 278 g/mol. The van der Waals surface area contributed by atoms with Gasteiger partial charge in [0.25, 0.3) is 0 Å². The quantitative estimate of drug-likeness (QED) is 0.860. The second kappa shape index (κ2) is 5.92. The molecule has 0 bridgehead atoms. The normalized spacial score (nSPS) is 12.9. The predicted octanol–water partition coefficient (Wildman–Crippen LogP) is 2.47. The second-order valence-electron chi connectivity index (χ2n) is 3.62. The first-order chi connectivity index (χ1) is 8.81. The van der Waals surface area contributed by atoms with Crippen LogP contribution >= 0.6 is 0 Å². The topological polar surface area (TPSA) is 55.8 Å². The zero-order valence-electron chi connectivity index (χ0n) is 10.3. The maximum atomic E-state index is 12.5. The van der Waals surface area contributed by atoms with Crippen LogP contribution in [0.15, 0.2) is 18.2 Å². The Morgan fingerprint density at radius 1 is 1.42 bits per heavy atom. The molecule has 0 fully saturated rings. The summed E-state index contributed by atoms with van der Waals surface area (Å²) in [5, 5.41) is 9.23. The van der Waals surface area contributed by atoms with E-state index in [0.717, 1.165) is 25.3 Å². The van der Waals surface area contributed by atoms with Crippen LogP contribution in [0.1, 0.15) is 28.9 Å². The van der Waals surface area contributed by atoms with E-state index in [2.05, 4.69) is 4.74 Å². The summed E-state index contributed by atoms with van der Waals surface area (Å²) in [4.78, 5) is 11.3. The molecule has 0 amide bonds. The third-order valence-electron chi connectivity index (χ3n) is 2.34. The number of hydrogen-bond acceptors (Lipinski definition) is 4. The van der Waals surface area contributed by atoms with Gasteiger partial charge >= 0.3 is 12.1 Å². The molecule has 0 heterocycles. The number of hydrogen-bond donors (Lipinski definition) is 1. The van der Waals surface area contributed by atoms with Gasteiger partial charge in [0.1, 0.15) is 5.75 Å². The van der Waals surface area contributed by atoms with Crippen molar-refractivity contribution < 1.29 is 32.5 Å². The lowest BCUT2D eigenvalue weighted by Gasteiger charge is -2.18. The second-order valence-corrected chi connectivity index (χ2v) is 3.62. The molecular formula is C12H13F3O4. The van der Waals surface area contributed by atoms with Crippen LogP contribution in [0.2, 0.25) is 0 Å². The fourth-order valence-corrected chi connectivity index (χ4v) is 1.46. The molecule has 0 saturated heterocycles. The van der Waals surface area contributed by atoms with Gasteiger partial charge in [0.05, 0.1) is 19.3 Å². The van der Waals surface area contributed by atoms with Crippen LogP contribution in [-0.4, -0.2) is 31.0 Å². The number of rotatable bonds is 4. The van der Waals surface area contributed by atoms with E-state index < -0.39 is 23.8 Å². The minimum absolute atomic E-state index is 0.0454. The third kappa shape index (κ3) is 3.60. The Morgan fingerprint density at radius 2 is 2.05 bits per heavy atom. The summed E-state index contributed by atoms with van der Waals surface area (Å²) in [6.07, 6.45) is -7.47. The lowest BCUT2D eigenvalue weighted by Crippen LogP contribution is -2.21. The molecule has 0 aromatic heterocycles. The van der Waals surface area contributed by atoms with E-state index in [1.807, 2.05) is 0 Å². The SMILES string of the molecule is CCOc1cc(C(=O)OC)ccc1C(O)C(F)(F)F. The number of methoxy groups -OCH3 is 1. The first kappa shape index (κ1) is 15.3. The number of ether oxygens (including phenoxy) is 2. The Bertz CT molecular complexity index is 457. The minimum Gasteiger partial charge on any atom is -0.493 e. The fraction of sp³-hybridized carbons (Fsp3) is 0.417. The van der Waals surface area contributed by atoms with E-state index in [1.165, 1.54) is 0 Å². The van der Waals surface area contributed by atoms with Gasteiger partial charge in [0.15, 0.2) is 6.10 Å². The van der Waals surface area contributed by atoms with Gasteiger partial charge in [-0.15, -0.1) is 0 Å². The third-order valence-corrected chi connectivity index (χ3v) is 2.34. The van der Waals surface area contributed by atoms with Gasteiger partial charge < -0.3 is 14.6 Å². The van der Waals surface area contributed by atoms with Gasteiger partial charge in [-0.3, -0.25) is 0 Å². The highest BCUT2D eigenvalue weighted by Crippen LogP contribution is 2.37. The van der Waals surface area contributed by atoms with Crippen LogP contribution in [0.5, 0.6) is 5.75 Å². The Morgan fingerprint density at radius 3 is 2.53 bits per heavy atom. The van der Waals surface area contributed by atoms with Gasteiger partial charge in [-0.25, -0.2) is 4.79 Å². The highest BCUT2D eigenvalue weighted by atomic mass is 19.4. The van der Waals surface area contributed by atoms with Crippen LogP contribution in [0.25, 0.3) is 0 Å². The van der Waals surface area contributed by atoms with E-state index >= 15 is 0 Å². The molecule has 0 aliphatic rings. The van der Waals surface area contributed by atoms with Gasteiger partial charge in [-0.2, -0.15) is 13.2 Å². The van der Waals surface area contributed by atoms with Crippen LogP contribution < -0.4 is 4.74 Å². The highest BCUT2D eigenvalue weighted by Gasteiger charge is 2.41. The summed E-state index contributed by atoms with van der Waals surface area (Å²) >= 11 is 0. The number of benzene rings is 1. The smallest absolute Gasteiger partial charge is 0.418 e. The molecule has 0 spiro atoms. The van der Waals surface area contributed by atoms with Crippen molar-refractivity contribution in [3.63, 3.8) is 0 Å².